The van der Waals surface area contributed by atoms with Crippen molar-refractivity contribution in [1.82, 2.24) is 5.32 Å². The van der Waals surface area contributed by atoms with E-state index in [1.165, 1.54) is 28.8 Å². The molecule has 0 aliphatic rings. The first-order chi connectivity index (χ1) is 9.85. The van der Waals surface area contributed by atoms with Crippen molar-refractivity contribution in [2.75, 3.05) is 6.54 Å². The second-order valence-electron chi connectivity index (χ2n) is 5.19. The van der Waals surface area contributed by atoms with E-state index in [4.69, 9.17) is 0 Å². The van der Waals surface area contributed by atoms with E-state index in [0.29, 0.717) is 6.04 Å². The van der Waals surface area contributed by atoms with E-state index >= 15 is 0 Å². The summed E-state index contributed by atoms with van der Waals surface area (Å²) in [5.41, 5.74) is 2.95. The second-order valence-corrected chi connectivity index (χ2v) is 6.14. The molecule has 2 rings (SSSR count). The lowest BCUT2D eigenvalue weighted by molar-refractivity contribution is 0.503. The third kappa shape index (κ3) is 4.19. The Morgan fingerprint density at radius 2 is 1.90 bits per heavy atom. The lowest BCUT2D eigenvalue weighted by atomic mass is 10.0. The Morgan fingerprint density at radius 3 is 2.60 bits per heavy atom. The van der Waals surface area contributed by atoms with Crippen LogP contribution < -0.4 is 5.32 Å². The van der Waals surface area contributed by atoms with Gasteiger partial charge >= 0.3 is 0 Å². The summed E-state index contributed by atoms with van der Waals surface area (Å²) < 4.78 is 0. The first-order valence-electron chi connectivity index (χ1n) is 7.68. The van der Waals surface area contributed by atoms with Crippen molar-refractivity contribution in [2.24, 2.45) is 0 Å². The van der Waals surface area contributed by atoms with Crippen molar-refractivity contribution in [3.05, 3.63) is 57.8 Å². The summed E-state index contributed by atoms with van der Waals surface area (Å²) in [6.07, 6.45) is 4.64. The standard InChI is InChI=1S/C18H25NS/c1-3-13-19-17(18-16(4-2)12-14-20-18)11-10-15-8-6-5-7-9-15/h5-9,12,14,17,19H,3-4,10-11,13H2,1-2H3. The van der Waals surface area contributed by atoms with Crippen LogP contribution in [0.3, 0.4) is 0 Å². The Labute approximate surface area is 127 Å². The second kappa shape index (κ2) is 8.23. The monoisotopic (exact) mass is 287 g/mol. The molecule has 108 valence electrons. The van der Waals surface area contributed by atoms with E-state index in [-0.39, 0.29) is 0 Å². The van der Waals surface area contributed by atoms with E-state index < -0.39 is 0 Å². The molecule has 0 bridgehead atoms. The Balaban J connectivity index is 2.04. The van der Waals surface area contributed by atoms with Gasteiger partial charge in [-0.05, 0) is 54.8 Å². The minimum Gasteiger partial charge on any atom is -0.309 e. The summed E-state index contributed by atoms with van der Waals surface area (Å²) in [4.78, 5) is 1.54. The van der Waals surface area contributed by atoms with Gasteiger partial charge in [0.15, 0.2) is 0 Å². The average molecular weight is 287 g/mol. The highest BCUT2D eigenvalue weighted by molar-refractivity contribution is 7.10. The Hall–Kier alpha value is -1.12. The maximum absolute atomic E-state index is 3.73. The van der Waals surface area contributed by atoms with E-state index in [0.717, 1.165) is 19.4 Å². The first kappa shape index (κ1) is 15.3. The summed E-state index contributed by atoms with van der Waals surface area (Å²) in [7, 11) is 0. The van der Waals surface area contributed by atoms with Crippen molar-refractivity contribution >= 4 is 11.3 Å². The van der Waals surface area contributed by atoms with Gasteiger partial charge in [0.1, 0.15) is 0 Å². The molecule has 0 aliphatic heterocycles. The maximum atomic E-state index is 3.73. The van der Waals surface area contributed by atoms with Crippen molar-refractivity contribution in [1.29, 1.82) is 0 Å². The van der Waals surface area contributed by atoms with Gasteiger partial charge in [0.2, 0.25) is 0 Å². The molecule has 0 aliphatic carbocycles. The summed E-state index contributed by atoms with van der Waals surface area (Å²) in [5, 5.41) is 5.96. The number of aryl methyl sites for hydroxylation is 2. The molecule has 1 aromatic carbocycles. The molecule has 0 amide bonds. The maximum Gasteiger partial charge on any atom is 0.0420 e. The molecule has 1 atom stereocenters. The lowest BCUT2D eigenvalue weighted by Gasteiger charge is -2.19. The zero-order chi connectivity index (χ0) is 14.2. The van der Waals surface area contributed by atoms with Crippen LogP contribution >= 0.6 is 11.3 Å². The number of nitrogens with one attached hydrogen (secondary N) is 1. The van der Waals surface area contributed by atoms with Gasteiger partial charge in [-0.15, -0.1) is 11.3 Å². The highest BCUT2D eigenvalue weighted by Crippen LogP contribution is 2.28. The van der Waals surface area contributed by atoms with E-state index in [1.54, 1.807) is 0 Å². The van der Waals surface area contributed by atoms with Gasteiger partial charge in [-0.1, -0.05) is 44.2 Å². The Morgan fingerprint density at radius 1 is 1.10 bits per heavy atom. The highest BCUT2D eigenvalue weighted by Gasteiger charge is 2.15. The molecule has 1 N–H and O–H groups in total. The summed E-state index contributed by atoms with van der Waals surface area (Å²) in [6, 6.07) is 13.6. The van der Waals surface area contributed by atoms with Crippen molar-refractivity contribution < 1.29 is 0 Å². The van der Waals surface area contributed by atoms with Gasteiger partial charge in [0.05, 0.1) is 0 Å². The number of rotatable bonds is 8. The molecule has 0 saturated heterocycles. The largest absolute Gasteiger partial charge is 0.309 e. The predicted octanol–water partition coefficient (Wildman–Crippen LogP) is 4.98. The quantitative estimate of drug-likeness (QED) is 0.721. The fraction of sp³-hybridized carbons (Fsp3) is 0.444. The summed E-state index contributed by atoms with van der Waals surface area (Å²) in [5.74, 6) is 0. The van der Waals surface area contributed by atoms with Gasteiger partial charge in [0, 0.05) is 10.9 Å². The number of hydrogen-bond donors (Lipinski definition) is 1. The minimum absolute atomic E-state index is 0.505. The van der Waals surface area contributed by atoms with Gasteiger partial charge in [-0.2, -0.15) is 0 Å². The Bertz CT molecular complexity index is 489. The molecular formula is C18H25NS. The van der Waals surface area contributed by atoms with Crippen LogP contribution in [0.1, 0.15) is 48.7 Å². The lowest BCUT2D eigenvalue weighted by Crippen LogP contribution is -2.22. The predicted molar refractivity (Wildman–Crippen MR) is 89.5 cm³/mol. The van der Waals surface area contributed by atoms with Crippen LogP contribution in [0, 0.1) is 0 Å². The number of thiophene rings is 1. The SMILES string of the molecule is CCCNC(CCc1ccccc1)c1sccc1CC. The van der Waals surface area contributed by atoms with Crippen molar-refractivity contribution in [2.45, 2.75) is 45.6 Å². The van der Waals surface area contributed by atoms with E-state index in [9.17, 15) is 0 Å². The smallest absolute Gasteiger partial charge is 0.0420 e. The Kier molecular flexibility index (Phi) is 6.28. The topological polar surface area (TPSA) is 12.0 Å². The highest BCUT2D eigenvalue weighted by atomic mass is 32.1. The van der Waals surface area contributed by atoms with E-state index in [2.05, 4.69) is 60.9 Å². The molecule has 1 aromatic heterocycles. The van der Waals surface area contributed by atoms with Crippen molar-refractivity contribution in [3.63, 3.8) is 0 Å². The normalized spacial score (nSPS) is 12.5. The molecule has 20 heavy (non-hydrogen) atoms. The zero-order valence-electron chi connectivity index (χ0n) is 12.6. The fourth-order valence-corrected chi connectivity index (χ4v) is 3.65. The first-order valence-corrected chi connectivity index (χ1v) is 8.56. The van der Waals surface area contributed by atoms with Crippen LogP contribution in [-0.2, 0) is 12.8 Å². The molecule has 0 radical (unpaired) electrons. The van der Waals surface area contributed by atoms with Gasteiger partial charge < -0.3 is 5.32 Å². The van der Waals surface area contributed by atoms with Crippen LogP contribution in [0.15, 0.2) is 41.8 Å². The van der Waals surface area contributed by atoms with Crippen LogP contribution in [0.5, 0.6) is 0 Å². The third-order valence-corrected chi connectivity index (χ3v) is 4.76. The molecule has 0 spiro atoms. The van der Waals surface area contributed by atoms with Crippen LogP contribution in [0.25, 0.3) is 0 Å². The molecule has 0 saturated carbocycles. The zero-order valence-corrected chi connectivity index (χ0v) is 13.4. The molecule has 0 fully saturated rings. The number of benzene rings is 1. The molecule has 1 heterocycles. The van der Waals surface area contributed by atoms with Gasteiger partial charge in [0.25, 0.3) is 0 Å². The minimum atomic E-state index is 0.505. The molecule has 1 unspecified atom stereocenters. The summed E-state index contributed by atoms with van der Waals surface area (Å²) >= 11 is 1.91. The average Bonchev–Trinajstić information content (AvgIpc) is 2.97. The van der Waals surface area contributed by atoms with Gasteiger partial charge in [-0.3, -0.25) is 0 Å². The fourth-order valence-electron chi connectivity index (χ4n) is 2.55. The molecule has 2 aromatic rings. The van der Waals surface area contributed by atoms with Crippen LogP contribution in [0.4, 0.5) is 0 Å². The van der Waals surface area contributed by atoms with Crippen molar-refractivity contribution in [3.8, 4) is 0 Å². The molecular weight excluding hydrogens is 262 g/mol. The number of hydrogen-bond acceptors (Lipinski definition) is 2. The molecule has 2 heteroatoms. The third-order valence-electron chi connectivity index (χ3n) is 3.68. The van der Waals surface area contributed by atoms with Gasteiger partial charge in [-0.25, -0.2) is 0 Å². The van der Waals surface area contributed by atoms with Crippen LogP contribution in [0.2, 0.25) is 0 Å². The van der Waals surface area contributed by atoms with Crippen LogP contribution in [-0.4, -0.2) is 6.54 Å². The summed E-state index contributed by atoms with van der Waals surface area (Å²) in [6.45, 7) is 5.58. The van der Waals surface area contributed by atoms with E-state index in [1.807, 2.05) is 11.3 Å². The molecule has 1 nitrogen and oxygen atoms in total.